The molecule has 5 heteroatoms. The SMILES string of the molecule is Nc1cc(-c2ccc(-c3nc(-c4ccccc4)nc(-c4ccccc4)n3)cc2)ccc1Br. The van der Waals surface area contributed by atoms with Crippen molar-refractivity contribution in [2.24, 2.45) is 0 Å². The number of rotatable bonds is 4. The molecular weight excluding hydrogens is 460 g/mol. The highest BCUT2D eigenvalue weighted by Crippen LogP contribution is 2.29. The lowest BCUT2D eigenvalue weighted by molar-refractivity contribution is 1.07. The van der Waals surface area contributed by atoms with E-state index < -0.39 is 0 Å². The highest BCUT2D eigenvalue weighted by atomic mass is 79.9. The summed E-state index contributed by atoms with van der Waals surface area (Å²) in [4.78, 5) is 14.3. The van der Waals surface area contributed by atoms with Gasteiger partial charge in [-0.1, -0.05) is 91.0 Å². The molecule has 0 bridgehead atoms. The standard InChI is InChI=1S/C27H19BrN4/c28-23-16-15-22(17-24(23)29)18-11-13-21(14-12-18)27-31-25(19-7-3-1-4-8-19)30-26(32-27)20-9-5-2-6-10-20/h1-17H,29H2. The van der Waals surface area contributed by atoms with Crippen LogP contribution in [0.3, 0.4) is 0 Å². The van der Waals surface area contributed by atoms with Crippen molar-refractivity contribution in [1.29, 1.82) is 0 Å². The molecule has 1 aromatic heterocycles. The molecule has 4 aromatic carbocycles. The Morgan fingerprint density at radius 2 is 0.875 bits per heavy atom. The van der Waals surface area contributed by atoms with Gasteiger partial charge in [0.1, 0.15) is 0 Å². The van der Waals surface area contributed by atoms with Crippen molar-refractivity contribution < 1.29 is 0 Å². The molecule has 1 heterocycles. The summed E-state index contributed by atoms with van der Waals surface area (Å²) < 4.78 is 0.893. The smallest absolute Gasteiger partial charge is 0.164 e. The molecule has 0 unspecified atom stereocenters. The maximum absolute atomic E-state index is 6.05. The maximum Gasteiger partial charge on any atom is 0.164 e. The van der Waals surface area contributed by atoms with Crippen LogP contribution in [0.4, 0.5) is 5.69 Å². The normalized spacial score (nSPS) is 10.8. The highest BCUT2D eigenvalue weighted by Gasteiger charge is 2.12. The van der Waals surface area contributed by atoms with Crippen molar-refractivity contribution in [2.75, 3.05) is 5.73 Å². The predicted molar refractivity (Wildman–Crippen MR) is 134 cm³/mol. The average Bonchev–Trinajstić information content (AvgIpc) is 2.86. The lowest BCUT2D eigenvalue weighted by Gasteiger charge is -2.09. The van der Waals surface area contributed by atoms with Crippen LogP contribution in [0.15, 0.2) is 108 Å². The van der Waals surface area contributed by atoms with Crippen LogP contribution in [-0.2, 0) is 0 Å². The summed E-state index contributed by atoms with van der Waals surface area (Å²) in [6.45, 7) is 0. The van der Waals surface area contributed by atoms with E-state index in [1.54, 1.807) is 0 Å². The van der Waals surface area contributed by atoms with Crippen LogP contribution >= 0.6 is 15.9 Å². The van der Waals surface area contributed by atoms with Gasteiger partial charge in [-0.3, -0.25) is 0 Å². The lowest BCUT2D eigenvalue weighted by atomic mass is 10.0. The second-order valence-corrected chi connectivity index (χ2v) is 8.21. The van der Waals surface area contributed by atoms with E-state index in [2.05, 4.69) is 28.1 Å². The molecule has 0 aliphatic heterocycles. The summed E-state index contributed by atoms with van der Waals surface area (Å²) in [5, 5.41) is 0. The van der Waals surface area contributed by atoms with Gasteiger partial charge in [0.25, 0.3) is 0 Å². The largest absolute Gasteiger partial charge is 0.398 e. The van der Waals surface area contributed by atoms with E-state index >= 15 is 0 Å². The first kappa shape index (κ1) is 20.1. The molecule has 5 rings (SSSR count). The van der Waals surface area contributed by atoms with Gasteiger partial charge in [0.2, 0.25) is 0 Å². The molecule has 0 fully saturated rings. The third-order valence-electron chi connectivity index (χ3n) is 5.17. The first-order valence-corrected chi connectivity index (χ1v) is 11.0. The Kier molecular flexibility index (Phi) is 5.48. The fraction of sp³-hybridized carbons (Fsp3) is 0. The molecule has 0 radical (unpaired) electrons. The van der Waals surface area contributed by atoms with Gasteiger partial charge in [0.15, 0.2) is 17.5 Å². The molecule has 0 saturated heterocycles. The van der Waals surface area contributed by atoms with E-state index in [1.807, 2.05) is 91.0 Å². The fourth-order valence-electron chi connectivity index (χ4n) is 3.47. The lowest BCUT2D eigenvalue weighted by Crippen LogP contribution is -2.00. The number of hydrogen-bond acceptors (Lipinski definition) is 4. The molecule has 0 spiro atoms. The van der Waals surface area contributed by atoms with E-state index in [1.165, 1.54) is 0 Å². The van der Waals surface area contributed by atoms with Gasteiger partial charge in [-0.25, -0.2) is 15.0 Å². The van der Waals surface area contributed by atoms with Gasteiger partial charge >= 0.3 is 0 Å². The number of aromatic nitrogens is 3. The van der Waals surface area contributed by atoms with E-state index in [9.17, 15) is 0 Å². The zero-order valence-electron chi connectivity index (χ0n) is 17.1. The zero-order chi connectivity index (χ0) is 21.9. The van der Waals surface area contributed by atoms with Crippen molar-refractivity contribution in [2.45, 2.75) is 0 Å². The second-order valence-electron chi connectivity index (χ2n) is 7.35. The molecule has 2 N–H and O–H groups in total. The molecular formula is C27H19BrN4. The summed E-state index contributed by atoms with van der Waals surface area (Å²) in [7, 11) is 0. The predicted octanol–water partition coefficient (Wildman–Crippen LogP) is 6.88. The molecule has 154 valence electrons. The van der Waals surface area contributed by atoms with E-state index in [4.69, 9.17) is 20.7 Å². The van der Waals surface area contributed by atoms with Crippen molar-refractivity contribution in [1.82, 2.24) is 15.0 Å². The van der Waals surface area contributed by atoms with Gasteiger partial charge in [-0.2, -0.15) is 0 Å². The Bertz CT molecular complexity index is 1310. The summed E-state index contributed by atoms with van der Waals surface area (Å²) in [5.74, 6) is 1.94. The van der Waals surface area contributed by atoms with Gasteiger partial charge in [0, 0.05) is 26.9 Å². The van der Waals surface area contributed by atoms with Crippen LogP contribution in [0.5, 0.6) is 0 Å². The molecule has 0 atom stereocenters. The van der Waals surface area contributed by atoms with Crippen LogP contribution in [0, 0.1) is 0 Å². The van der Waals surface area contributed by atoms with Crippen LogP contribution in [0.1, 0.15) is 0 Å². The van der Waals surface area contributed by atoms with Crippen molar-refractivity contribution >= 4 is 21.6 Å². The fourth-order valence-corrected chi connectivity index (χ4v) is 3.72. The summed E-state index contributed by atoms with van der Waals surface area (Å²) in [5.41, 5.74) is 11.7. The quantitative estimate of drug-likeness (QED) is 0.285. The van der Waals surface area contributed by atoms with Crippen LogP contribution in [-0.4, -0.2) is 15.0 Å². The first-order valence-electron chi connectivity index (χ1n) is 10.2. The number of halogens is 1. The minimum Gasteiger partial charge on any atom is -0.398 e. The van der Waals surface area contributed by atoms with Crippen molar-refractivity contribution in [3.8, 4) is 45.3 Å². The van der Waals surface area contributed by atoms with Gasteiger partial charge < -0.3 is 5.73 Å². The monoisotopic (exact) mass is 478 g/mol. The Labute approximate surface area is 195 Å². The van der Waals surface area contributed by atoms with Crippen molar-refractivity contribution in [3.63, 3.8) is 0 Å². The molecule has 32 heavy (non-hydrogen) atoms. The Morgan fingerprint density at radius 3 is 1.34 bits per heavy atom. The molecule has 5 aromatic rings. The second kappa shape index (κ2) is 8.73. The van der Waals surface area contributed by atoms with Gasteiger partial charge in [0.05, 0.1) is 0 Å². The summed E-state index contributed by atoms with van der Waals surface area (Å²) in [6, 6.07) is 34.1. The van der Waals surface area contributed by atoms with E-state index in [0.717, 1.165) is 32.3 Å². The van der Waals surface area contributed by atoms with E-state index in [0.29, 0.717) is 23.2 Å². The van der Waals surface area contributed by atoms with Crippen molar-refractivity contribution in [3.05, 3.63) is 108 Å². The number of nitrogens with zero attached hydrogens (tertiary/aromatic N) is 3. The van der Waals surface area contributed by atoms with Gasteiger partial charge in [-0.15, -0.1) is 0 Å². The topological polar surface area (TPSA) is 64.7 Å². The number of nitrogen functional groups attached to an aromatic ring is 1. The molecule has 0 aliphatic rings. The number of benzene rings is 4. The van der Waals surface area contributed by atoms with Gasteiger partial charge in [-0.05, 0) is 39.2 Å². The minimum absolute atomic E-state index is 0.638. The Morgan fingerprint density at radius 1 is 0.469 bits per heavy atom. The maximum atomic E-state index is 6.05. The third kappa shape index (κ3) is 4.15. The Balaban J connectivity index is 1.58. The summed E-state index contributed by atoms with van der Waals surface area (Å²) in [6.07, 6.45) is 0. The molecule has 0 aliphatic carbocycles. The van der Waals surface area contributed by atoms with Crippen LogP contribution < -0.4 is 5.73 Å². The van der Waals surface area contributed by atoms with Crippen LogP contribution in [0.2, 0.25) is 0 Å². The Hall–Kier alpha value is -3.83. The molecule has 0 amide bonds. The minimum atomic E-state index is 0.638. The molecule has 4 nitrogen and oxygen atoms in total. The first-order chi connectivity index (χ1) is 15.7. The number of hydrogen-bond donors (Lipinski definition) is 1. The van der Waals surface area contributed by atoms with Crippen LogP contribution in [0.25, 0.3) is 45.3 Å². The number of anilines is 1. The summed E-state index contributed by atoms with van der Waals surface area (Å²) >= 11 is 3.45. The number of nitrogens with two attached hydrogens (primary N) is 1. The van der Waals surface area contributed by atoms with E-state index in [-0.39, 0.29) is 0 Å². The molecule has 0 saturated carbocycles. The zero-order valence-corrected chi connectivity index (χ0v) is 18.7. The third-order valence-corrected chi connectivity index (χ3v) is 5.89. The average molecular weight is 479 g/mol. The highest BCUT2D eigenvalue weighted by molar-refractivity contribution is 9.10.